The maximum absolute atomic E-state index is 6.33. The first kappa shape index (κ1) is 16.3. The molecule has 0 aliphatic heterocycles. The molecule has 1 unspecified atom stereocenters. The molecular weight excluding hydrogens is 282 g/mol. The van der Waals surface area contributed by atoms with E-state index in [4.69, 9.17) is 16.6 Å². The van der Waals surface area contributed by atoms with E-state index in [2.05, 4.69) is 48.4 Å². The fourth-order valence-electron chi connectivity index (χ4n) is 2.84. The largest absolute Gasteiger partial charge is 0.327 e. The predicted octanol–water partition coefficient (Wildman–Crippen LogP) is 4.38. The van der Waals surface area contributed by atoms with Gasteiger partial charge in [-0.3, -0.25) is 0 Å². The van der Waals surface area contributed by atoms with E-state index in [0.717, 1.165) is 43.9 Å². The molecule has 2 rings (SSSR count). The Bertz CT molecular complexity index is 585. The Kier molecular flexibility index (Phi) is 5.65. The second-order valence-electron chi connectivity index (χ2n) is 5.56. The summed E-state index contributed by atoms with van der Waals surface area (Å²) in [7, 11) is 0. The van der Waals surface area contributed by atoms with Crippen molar-refractivity contribution < 1.29 is 0 Å². The van der Waals surface area contributed by atoms with E-state index < -0.39 is 0 Å². The van der Waals surface area contributed by atoms with E-state index in [1.54, 1.807) is 0 Å². The minimum atomic E-state index is -0.0646. The number of imidazole rings is 1. The molecule has 0 spiro atoms. The van der Waals surface area contributed by atoms with Crippen molar-refractivity contribution in [1.82, 2.24) is 14.5 Å². The summed E-state index contributed by atoms with van der Waals surface area (Å²) in [6.07, 6.45) is 1.12. The van der Waals surface area contributed by atoms with E-state index in [-0.39, 0.29) is 5.38 Å². The average molecular weight is 308 g/mol. The summed E-state index contributed by atoms with van der Waals surface area (Å²) in [5.41, 5.74) is 3.51. The second-order valence-corrected chi connectivity index (χ2v) is 6.22. The second kappa shape index (κ2) is 7.28. The summed E-state index contributed by atoms with van der Waals surface area (Å²) in [5.74, 6) is 0.987. The number of hydrogen-bond donors (Lipinski definition) is 0. The molecule has 1 atom stereocenters. The summed E-state index contributed by atoms with van der Waals surface area (Å²) in [6, 6.07) is 6.36. The number of alkyl halides is 1. The van der Waals surface area contributed by atoms with Gasteiger partial charge in [0.1, 0.15) is 5.82 Å². The SMILES string of the molecule is CCN(CC)CCCn1c(C(C)Cl)nc2c(C)cccc21. The van der Waals surface area contributed by atoms with Gasteiger partial charge < -0.3 is 9.47 Å². The van der Waals surface area contributed by atoms with Crippen molar-refractivity contribution in [3.63, 3.8) is 0 Å². The van der Waals surface area contributed by atoms with Crippen LogP contribution < -0.4 is 0 Å². The van der Waals surface area contributed by atoms with Gasteiger partial charge in [0.25, 0.3) is 0 Å². The maximum Gasteiger partial charge on any atom is 0.127 e. The Balaban J connectivity index is 2.25. The van der Waals surface area contributed by atoms with Gasteiger partial charge in [0, 0.05) is 6.54 Å². The molecule has 0 amide bonds. The van der Waals surface area contributed by atoms with E-state index in [1.165, 1.54) is 11.1 Å². The maximum atomic E-state index is 6.33. The van der Waals surface area contributed by atoms with Crippen LogP contribution in [0, 0.1) is 6.92 Å². The summed E-state index contributed by atoms with van der Waals surface area (Å²) >= 11 is 6.33. The molecule has 0 aliphatic rings. The topological polar surface area (TPSA) is 21.1 Å². The Hall–Kier alpha value is -1.06. The molecule has 4 heteroatoms. The third-order valence-corrected chi connectivity index (χ3v) is 4.31. The van der Waals surface area contributed by atoms with Crippen LogP contribution in [0.3, 0.4) is 0 Å². The highest BCUT2D eigenvalue weighted by Crippen LogP contribution is 2.26. The molecule has 0 aliphatic carbocycles. The highest BCUT2D eigenvalue weighted by molar-refractivity contribution is 6.20. The molecule has 0 N–H and O–H groups in total. The summed E-state index contributed by atoms with van der Waals surface area (Å²) in [6.45, 7) is 12.9. The lowest BCUT2D eigenvalue weighted by molar-refractivity contribution is 0.293. The Morgan fingerprint density at radius 3 is 2.62 bits per heavy atom. The van der Waals surface area contributed by atoms with E-state index in [1.807, 2.05) is 6.92 Å². The monoisotopic (exact) mass is 307 g/mol. The van der Waals surface area contributed by atoms with E-state index in [9.17, 15) is 0 Å². The van der Waals surface area contributed by atoms with Crippen LogP contribution in [-0.4, -0.2) is 34.1 Å². The summed E-state index contributed by atoms with van der Waals surface area (Å²) < 4.78 is 2.30. The van der Waals surface area contributed by atoms with Crippen LogP contribution in [0.15, 0.2) is 18.2 Å². The molecule has 2 aromatic rings. The minimum absolute atomic E-state index is 0.0646. The van der Waals surface area contributed by atoms with Crippen LogP contribution >= 0.6 is 11.6 Å². The standard InChI is InChI=1S/C17H26ClN3/c1-5-20(6-2)11-8-12-21-15-10-7-9-13(3)16(15)19-17(21)14(4)18/h7,9-10,14H,5-6,8,11-12H2,1-4H3. The van der Waals surface area contributed by atoms with Crippen molar-refractivity contribution in [2.75, 3.05) is 19.6 Å². The van der Waals surface area contributed by atoms with Crippen LogP contribution in [0.25, 0.3) is 11.0 Å². The highest BCUT2D eigenvalue weighted by Gasteiger charge is 2.15. The van der Waals surface area contributed by atoms with Crippen LogP contribution in [0.1, 0.15) is 44.0 Å². The molecule has 1 aromatic heterocycles. The van der Waals surface area contributed by atoms with Gasteiger partial charge in [-0.1, -0.05) is 26.0 Å². The van der Waals surface area contributed by atoms with Gasteiger partial charge in [-0.25, -0.2) is 4.98 Å². The minimum Gasteiger partial charge on any atom is -0.327 e. The van der Waals surface area contributed by atoms with Crippen molar-refractivity contribution in [3.05, 3.63) is 29.6 Å². The van der Waals surface area contributed by atoms with Gasteiger partial charge >= 0.3 is 0 Å². The lowest BCUT2D eigenvalue weighted by atomic mass is 10.2. The molecule has 0 radical (unpaired) electrons. The average Bonchev–Trinajstić information content (AvgIpc) is 2.84. The third kappa shape index (κ3) is 3.58. The number of fused-ring (bicyclic) bond motifs is 1. The van der Waals surface area contributed by atoms with Crippen molar-refractivity contribution in [1.29, 1.82) is 0 Å². The van der Waals surface area contributed by atoms with Crippen LogP contribution in [-0.2, 0) is 6.54 Å². The number of benzene rings is 1. The lowest BCUT2D eigenvalue weighted by Crippen LogP contribution is -2.25. The quantitative estimate of drug-likeness (QED) is 0.708. The first-order valence-electron chi connectivity index (χ1n) is 7.90. The number of nitrogens with zero attached hydrogens (tertiary/aromatic N) is 3. The zero-order valence-corrected chi connectivity index (χ0v) is 14.3. The molecule has 1 heterocycles. The third-order valence-electron chi connectivity index (χ3n) is 4.12. The highest BCUT2D eigenvalue weighted by atomic mass is 35.5. The smallest absolute Gasteiger partial charge is 0.127 e. The van der Waals surface area contributed by atoms with Crippen LogP contribution in [0.4, 0.5) is 0 Å². The number of aromatic nitrogens is 2. The van der Waals surface area contributed by atoms with Crippen LogP contribution in [0.5, 0.6) is 0 Å². The van der Waals surface area contributed by atoms with Gasteiger partial charge in [-0.15, -0.1) is 11.6 Å². The zero-order chi connectivity index (χ0) is 15.4. The molecule has 3 nitrogen and oxygen atoms in total. The number of hydrogen-bond acceptors (Lipinski definition) is 2. The van der Waals surface area contributed by atoms with Crippen molar-refractivity contribution in [2.24, 2.45) is 0 Å². The Morgan fingerprint density at radius 2 is 2.00 bits per heavy atom. The van der Waals surface area contributed by atoms with E-state index >= 15 is 0 Å². The fourth-order valence-corrected chi connectivity index (χ4v) is 3.00. The van der Waals surface area contributed by atoms with Crippen molar-refractivity contribution in [2.45, 2.75) is 46.0 Å². The molecule has 116 valence electrons. The molecule has 0 fully saturated rings. The van der Waals surface area contributed by atoms with Gasteiger partial charge in [0.2, 0.25) is 0 Å². The van der Waals surface area contributed by atoms with Crippen molar-refractivity contribution in [3.8, 4) is 0 Å². The number of aryl methyl sites for hydroxylation is 2. The zero-order valence-electron chi connectivity index (χ0n) is 13.6. The van der Waals surface area contributed by atoms with E-state index in [0.29, 0.717) is 0 Å². The summed E-state index contributed by atoms with van der Waals surface area (Å²) in [4.78, 5) is 7.22. The number of rotatable bonds is 7. The fraction of sp³-hybridized carbons (Fsp3) is 0.588. The predicted molar refractivity (Wildman–Crippen MR) is 91.1 cm³/mol. The van der Waals surface area contributed by atoms with Gasteiger partial charge in [-0.2, -0.15) is 0 Å². The molecular formula is C17H26ClN3. The van der Waals surface area contributed by atoms with Crippen molar-refractivity contribution >= 4 is 22.6 Å². The normalized spacial score (nSPS) is 13.2. The number of halogens is 1. The Morgan fingerprint density at radius 1 is 1.29 bits per heavy atom. The van der Waals surface area contributed by atoms with Gasteiger partial charge in [0.05, 0.1) is 16.4 Å². The molecule has 0 saturated carbocycles. The summed E-state index contributed by atoms with van der Waals surface area (Å²) in [5, 5.41) is -0.0646. The number of para-hydroxylation sites is 1. The molecule has 21 heavy (non-hydrogen) atoms. The van der Waals surface area contributed by atoms with Crippen LogP contribution in [0.2, 0.25) is 0 Å². The molecule has 1 aromatic carbocycles. The first-order valence-corrected chi connectivity index (χ1v) is 8.34. The molecule has 0 saturated heterocycles. The van der Waals surface area contributed by atoms with Gasteiger partial charge in [-0.05, 0) is 51.5 Å². The molecule has 0 bridgehead atoms. The first-order chi connectivity index (χ1) is 10.1. The lowest BCUT2D eigenvalue weighted by Gasteiger charge is -2.18. The van der Waals surface area contributed by atoms with Gasteiger partial charge in [0.15, 0.2) is 0 Å². The Labute approximate surface area is 132 Å².